The highest BCUT2D eigenvalue weighted by Crippen LogP contribution is 2.37. The molecule has 0 spiro atoms. The maximum absolute atomic E-state index is 12.7. The average Bonchev–Trinajstić information content (AvgIpc) is 2.60. The summed E-state index contributed by atoms with van der Waals surface area (Å²) in [5.74, 6) is -1.29. The van der Waals surface area contributed by atoms with E-state index < -0.39 is 22.7 Å². The molecule has 0 N–H and O–H groups in total. The van der Waals surface area contributed by atoms with E-state index >= 15 is 0 Å². The summed E-state index contributed by atoms with van der Waals surface area (Å²) in [6, 6.07) is 4.78. The maximum Gasteiger partial charge on any atom is 0.340 e. The molecule has 0 bridgehead atoms. The first-order valence-corrected chi connectivity index (χ1v) is 10.1. The van der Waals surface area contributed by atoms with Crippen LogP contribution in [0.5, 0.6) is 0 Å². The lowest BCUT2D eigenvalue weighted by atomic mass is 9.92. The van der Waals surface area contributed by atoms with Crippen LogP contribution in [0.4, 0.5) is 0 Å². The molecule has 2 rings (SSSR count). The lowest BCUT2D eigenvalue weighted by Crippen LogP contribution is -2.17. The Morgan fingerprint density at radius 3 is 2.26 bits per heavy atom. The Morgan fingerprint density at radius 2 is 1.74 bits per heavy atom. The second kappa shape index (κ2) is 8.63. The van der Waals surface area contributed by atoms with Crippen molar-refractivity contribution in [2.75, 3.05) is 20.0 Å². The van der Waals surface area contributed by atoms with Crippen molar-refractivity contribution in [3.8, 4) is 11.1 Å². The first kappa shape index (κ1) is 21.1. The number of rotatable bonds is 5. The summed E-state index contributed by atoms with van der Waals surface area (Å²) in [6.07, 6.45) is 1.51. The molecule has 0 saturated heterocycles. The van der Waals surface area contributed by atoms with Crippen molar-refractivity contribution >= 4 is 34.3 Å². The number of benzene rings is 1. The molecule has 0 saturated carbocycles. The van der Waals surface area contributed by atoms with Crippen LogP contribution < -0.4 is 0 Å². The van der Waals surface area contributed by atoms with Gasteiger partial charge in [-0.3, -0.25) is 9.19 Å². The minimum absolute atomic E-state index is 0.111. The summed E-state index contributed by atoms with van der Waals surface area (Å²) in [4.78, 5) is 29.9. The van der Waals surface area contributed by atoms with Gasteiger partial charge in [0, 0.05) is 27.3 Å². The monoisotopic (exact) mass is 409 g/mol. The van der Waals surface area contributed by atoms with Crippen LogP contribution in [0.2, 0.25) is 5.02 Å². The zero-order valence-electron chi connectivity index (χ0n) is 15.7. The molecule has 0 fully saturated rings. The molecule has 1 aromatic carbocycles. The summed E-state index contributed by atoms with van der Waals surface area (Å²) < 4.78 is 22.4. The van der Waals surface area contributed by atoms with Crippen molar-refractivity contribution in [3.63, 3.8) is 0 Å². The number of ether oxygens (including phenoxy) is 2. The van der Waals surface area contributed by atoms with E-state index in [2.05, 4.69) is 4.98 Å². The van der Waals surface area contributed by atoms with Gasteiger partial charge in [0.1, 0.15) is 0 Å². The van der Waals surface area contributed by atoms with E-state index in [0.29, 0.717) is 26.9 Å². The Balaban J connectivity index is 3.04. The highest BCUT2D eigenvalue weighted by molar-refractivity contribution is 7.84. The number of halogens is 1. The fourth-order valence-electron chi connectivity index (χ4n) is 2.87. The molecule has 0 amide bonds. The zero-order chi connectivity index (χ0) is 20.3. The summed E-state index contributed by atoms with van der Waals surface area (Å²) in [5, 5.41) is 0.372. The summed E-state index contributed by atoms with van der Waals surface area (Å²) in [5.41, 5.74) is 1.67. The van der Waals surface area contributed by atoms with Gasteiger partial charge in [0.05, 0.1) is 47.0 Å². The first-order chi connectivity index (χ1) is 12.7. The number of hydrogen-bond donors (Lipinski definition) is 0. The van der Waals surface area contributed by atoms with Gasteiger partial charge in [0.15, 0.2) is 0 Å². The Kier molecular flexibility index (Phi) is 6.73. The van der Waals surface area contributed by atoms with Crippen molar-refractivity contribution in [2.24, 2.45) is 0 Å². The number of pyridine rings is 1. The van der Waals surface area contributed by atoms with Gasteiger partial charge in [-0.05, 0) is 39.0 Å². The molecule has 1 atom stereocenters. The molecule has 0 radical (unpaired) electrons. The van der Waals surface area contributed by atoms with Crippen LogP contribution in [0.3, 0.4) is 0 Å². The molecular weight excluding hydrogens is 390 g/mol. The normalized spacial score (nSPS) is 11.8. The van der Waals surface area contributed by atoms with Crippen LogP contribution in [-0.2, 0) is 20.3 Å². The molecule has 8 heteroatoms. The molecule has 1 aromatic heterocycles. The molecule has 27 heavy (non-hydrogen) atoms. The van der Waals surface area contributed by atoms with Gasteiger partial charge < -0.3 is 9.47 Å². The van der Waals surface area contributed by atoms with Crippen molar-refractivity contribution in [3.05, 3.63) is 45.7 Å². The maximum atomic E-state index is 12.7. The molecule has 0 aliphatic carbocycles. The number of hydrogen-bond acceptors (Lipinski definition) is 6. The third-order valence-corrected chi connectivity index (χ3v) is 5.16. The predicted octanol–water partition coefficient (Wildman–Crippen LogP) is 3.72. The fourth-order valence-corrected chi connectivity index (χ4v) is 3.78. The molecule has 1 heterocycles. The minimum Gasteiger partial charge on any atom is -0.465 e. The topological polar surface area (TPSA) is 82.6 Å². The molecule has 6 nitrogen and oxygen atoms in total. The van der Waals surface area contributed by atoms with Gasteiger partial charge >= 0.3 is 11.9 Å². The Morgan fingerprint density at radius 1 is 1.15 bits per heavy atom. The number of aryl methyl sites for hydroxylation is 2. The summed E-state index contributed by atoms with van der Waals surface area (Å²) >= 11 is 6.16. The second-order valence-electron chi connectivity index (χ2n) is 5.71. The van der Waals surface area contributed by atoms with E-state index in [-0.39, 0.29) is 23.3 Å². The molecule has 2 aromatic rings. The molecule has 144 valence electrons. The third-order valence-electron chi connectivity index (χ3n) is 3.95. The Bertz CT molecular complexity index is 942. The van der Waals surface area contributed by atoms with Crippen LogP contribution in [0, 0.1) is 13.8 Å². The standard InChI is InChI=1S/C19H20ClNO5S/c1-6-26-19(23)16-11(3)21-10(2)15(18(22)25-4)17(16)13-9-12(20)7-8-14(13)27(5)24/h7-9H,6H2,1-5H3. The Hall–Kier alpha value is -2.25. The second-order valence-corrected chi connectivity index (χ2v) is 7.50. The van der Waals surface area contributed by atoms with Crippen LogP contribution in [0.25, 0.3) is 11.1 Å². The molecule has 0 aliphatic heterocycles. The van der Waals surface area contributed by atoms with Crippen molar-refractivity contribution in [2.45, 2.75) is 25.7 Å². The van der Waals surface area contributed by atoms with E-state index in [1.54, 1.807) is 39.0 Å². The van der Waals surface area contributed by atoms with E-state index in [1.165, 1.54) is 13.4 Å². The van der Waals surface area contributed by atoms with Gasteiger partial charge in [-0.25, -0.2) is 9.59 Å². The third kappa shape index (κ3) is 4.20. The van der Waals surface area contributed by atoms with E-state index in [9.17, 15) is 13.8 Å². The van der Waals surface area contributed by atoms with Crippen molar-refractivity contribution in [1.82, 2.24) is 4.98 Å². The Labute approximate surface area is 165 Å². The minimum atomic E-state index is -1.39. The smallest absolute Gasteiger partial charge is 0.340 e. The molecular formula is C19H20ClNO5S. The van der Waals surface area contributed by atoms with Crippen LogP contribution in [0.15, 0.2) is 23.1 Å². The summed E-state index contributed by atoms with van der Waals surface area (Å²) in [6.45, 7) is 5.13. The van der Waals surface area contributed by atoms with Crippen LogP contribution in [-0.4, -0.2) is 41.1 Å². The molecule has 1 unspecified atom stereocenters. The van der Waals surface area contributed by atoms with Gasteiger partial charge in [-0.2, -0.15) is 0 Å². The number of esters is 2. The van der Waals surface area contributed by atoms with E-state index in [0.717, 1.165) is 0 Å². The number of methoxy groups -OCH3 is 1. The highest BCUT2D eigenvalue weighted by atomic mass is 35.5. The summed E-state index contributed by atoms with van der Waals surface area (Å²) in [7, 11) is -0.152. The van der Waals surface area contributed by atoms with Gasteiger partial charge in [0.2, 0.25) is 0 Å². The quantitative estimate of drug-likeness (QED) is 0.700. The fraction of sp³-hybridized carbons (Fsp3) is 0.316. The van der Waals surface area contributed by atoms with Gasteiger partial charge in [-0.1, -0.05) is 11.6 Å². The van der Waals surface area contributed by atoms with E-state index in [4.69, 9.17) is 21.1 Å². The van der Waals surface area contributed by atoms with Crippen molar-refractivity contribution in [1.29, 1.82) is 0 Å². The van der Waals surface area contributed by atoms with Gasteiger partial charge in [-0.15, -0.1) is 0 Å². The number of carbonyl (C=O) groups is 2. The number of carbonyl (C=O) groups excluding carboxylic acids is 2. The lowest BCUT2D eigenvalue weighted by molar-refractivity contribution is 0.0526. The number of aromatic nitrogens is 1. The average molecular weight is 410 g/mol. The SMILES string of the molecule is CCOC(=O)c1c(C)nc(C)c(C(=O)OC)c1-c1cc(Cl)ccc1S(C)=O. The lowest BCUT2D eigenvalue weighted by Gasteiger charge is -2.19. The van der Waals surface area contributed by atoms with Crippen molar-refractivity contribution < 1.29 is 23.3 Å². The van der Waals surface area contributed by atoms with Crippen LogP contribution >= 0.6 is 11.6 Å². The number of nitrogens with zero attached hydrogens (tertiary/aromatic N) is 1. The van der Waals surface area contributed by atoms with E-state index in [1.807, 2.05) is 0 Å². The predicted molar refractivity (Wildman–Crippen MR) is 104 cm³/mol. The molecule has 0 aliphatic rings. The first-order valence-electron chi connectivity index (χ1n) is 8.12. The van der Waals surface area contributed by atoms with Gasteiger partial charge in [0.25, 0.3) is 0 Å². The largest absolute Gasteiger partial charge is 0.465 e. The van der Waals surface area contributed by atoms with Crippen LogP contribution in [0.1, 0.15) is 39.0 Å². The highest BCUT2D eigenvalue weighted by Gasteiger charge is 2.29. The zero-order valence-corrected chi connectivity index (χ0v) is 17.3.